The smallest absolute Gasteiger partial charge is 0.187 e. The maximum Gasteiger partial charge on any atom is 0.187 e. The van der Waals surface area contributed by atoms with Crippen molar-refractivity contribution in [2.75, 3.05) is 0 Å². The van der Waals surface area contributed by atoms with E-state index >= 15 is 0 Å². The normalized spacial score (nSPS) is 13.8. The molecule has 2 aliphatic rings. The highest BCUT2D eigenvalue weighted by atomic mass is 15.0. The van der Waals surface area contributed by atoms with Crippen molar-refractivity contribution >= 4 is 5.69 Å². The monoisotopic (exact) mass is 718 g/mol. The summed E-state index contributed by atoms with van der Waals surface area (Å²) in [5.41, 5.74) is 16.1. The van der Waals surface area contributed by atoms with Crippen molar-refractivity contribution in [1.82, 2.24) is 15.0 Å². The van der Waals surface area contributed by atoms with E-state index in [1.807, 2.05) is 66.7 Å². The molecule has 0 saturated heterocycles. The van der Waals surface area contributed by atoms with Crippen LogP contribution in [0, 0.1) is 6.57 Å². The lowest BCUT2D eigenvalue weighted by molar-refractivity contribution is 0.353. The number of fused-ring (bicyclic) bond motifs is 5. The Morgan fingerprint density at radius 2 is 0.857 bits per heavy atom. The predicted molar refractivity (Wildman–Crippen MR) is 228 cm³/mol. The first-order valence-corrected chi connectivity index (χ1v) is 19.5. The Kier molecular flexibility index (Phi) is 8.42. The summed E-state index contributed by atoms with van der Waals surface area (Å²) in [5.74, 6) is 1.95. The molecule has 0 atom stereocenters. The van der Waals surface area contributed by atoms with Crippen molar-refractivity contribution in [3.63, 3.8) is 0 Å². The van der Waals surface area contributed by atoms with Gasteiger partial charge in [-0.25, -0.2) is 19.8 Å². The number of hydrogen-bond acceptors (Lipinski definition) is 3. The minimum absolute atomic E-state index is 0.0578. The first-order chi connectivity index (χ1) is 27.6. The Morgan fingerprint density at radius 3 is 1.43 bits per heavy atom. The molecule has 266 valence electrons. The van der Waals surface area contributed by atoms with Crippen molar-refractivity contribution in [3.8, 4) is 78.7 Å². The van der Waals surface area contributed by atoms with Crippen LogP contribution in [0.5, 0.6) is 0 Å². The van der Waals surface area contributed by atoms with Crippen LogP contribution in [0.1, 0.15) is 43.2 Å². The summed E-state index contributed by atoms with van der Waals surface area (Å²) in [6.07, 6.45) is 6.14. The van der Waals surface area contributed by atoms with Gasteiger partial charge in [-0.05, 0) is 86.7 Å². The van der Waals surface area contributed by atoms with Crippen LogP contribution >= 0.6 is 0 Å². The van der Waals surface area contributed by atoms with Crippen LogP contribution in [-0.4, -0.2) is 15.0 Å². The Bertz CT molecular complexity index is 2700. The Balaban J connectivity index is 0.924. The third-order valence-corrected chi connectivity index (χ3v) is 11.8. The first kappa shape index (κ1) is 33.6. The van der Waals surface area contributed by atoms with Crippen molar-refractivity contribution in [3.05, 3.63) is 192 Å². The second-order valence-corrected chi connectivity index (χ2v) is 15.0. The molecule has 4 heteroatoms. The van der Waals surface area contributed by atoms with Gasteiger partial charge in [-0.15, -0.1) is 0 Å². The maximum atomic E-state index is 7.62. The van der Waals surface area contributed by atoms with E-state index in [-0.39, 0.29) is 5.41 Å². The van der Waals surface area contributed by atoms with Crippen LogP contribution in [0.25, 0.3) is 83.5 Å². The third-order valence-electron chi connectivity index (χ3n) is 11.8. The molecule has 0 radical (unpaired) electrons. The number of rotatable bonds is 6. The van der Waals surface area contributed by atoms with E-state index in [1.165, 1.54) is 76.6 Å². The van der Waals surface area contributed by atoms with Crippen LogP contribution in [0.3, 0.4) is 0 Å². The fourth-order valence-electron chi connectivity index (χ4n) is 8.92. The molecule has 0 bridgehead atoms. The average Bonchev–Trinajstić information content (AvgIpc) is 3.54. The van der Waals surface area contributed by atoms with E-state index in [4.69, 9.17) is 21.5 Å². The molecule has 1 heterocycles. The average molecular weight is 719 g/mol. The fourth-order valence-corrected chi connectivity index (χ4v) is 8.92. The minimum Gasteiger partial charge on any atom is -0.238 e. The van der Waals surface area contributed by atoms with E-state index in [1.54, 1.807) is 0 Å². The van der Waals surface area contributed by atoms with Crippen LogP contribution in [0.4, 0.5) is 5.69 Å². The van der Waals surface area contributed by atoms with Crippen LogP contribution < -0.4 is 0 Å². The van der Waals surface area contributed by atoms with E-state index in [2.05, 4.69) is 108 Å². The molecular weight excluding hydrogens is 681 g/mol. The molecule has 0 amide bonds. The summed E-state index contributed by atoms with van der Waals surface area (Å²) >= 11 is 0. The molecule has 10 rings (SSSR count). The van der Waals surface area contributed by atoms with Crippen LogP contribution in [-0.2, 0) is 5.41 Å². The summed E-state index contributed by atoms with van der Waals surface area (Å²) in [5, 5.41) is 0. The summed E-state index contributed by atoms with van der Waals surface area (Å²) in [6, 6.07) is 59.8. The fraction of sp³-hybridized carbons (Fsp3) is 0.115. The zero-order valence-electron chi connectivity index (χ0n) is 31.0. The molecule has 56 heavy (non-hydrogen) atoms. The molecule has 1 fully saturated rings. The molecule has 7 aromatic carbocycles. The van der Waals surface area contributed by atoms with Crippen molar-refractivity contribution in [2.24, 2.45) is 0 Å². The van der Waals surface area contributed by atoms with Crippen LogP contribution in [0.15, 0.2) is 170 Å². The summed E-state index contributed by atoms with van der Waals surface area (Å²) < 4.78 is 0. The van der Waals surface area contributed by atoms with E-state index in [0.29, 0.717) is 17.5 Å². The van der Waals surface area contributed by atoms with Gasteiger partial charge in [0.1, 0.15) is 0 Å². The maximum absolute atomic E-state index is 7.62. The van der Waals surface area contributed by atoms with Gasteiger partial charge in [-0.3, -0.25) is 0 Å². The topological polar surface area (TPSA) is 43.0 Å². The Hall–Kier alpha value is -6.96. The van der Waals surface area contributed by atoms with Gasteiger partial charge in [0, 0.05) is 22.1 Å². The Labute approximate surface area is 328 Å². The number of aromatic nitrogens is 3. The molecule has 4 nitrogen and oxygen atoms in total. The lowest BCUT2D eigenvalue weighted by atomic mass is 9.67. The molecule has 1 saturated carbocycles. The van der Waals surface area contributed by atoms with Crippen LogP contribution in [0.2, 0.25) is 0 Å². The van der Waals surface area contributed by atoms with Gasteiger partial charge in [0.15, 0.2) is 23.2 Å². The van der Waals surface area contributed by atoms with Gasteiger partial charge in [0.2, 0.25) is 0 Å². The van der Waals surface area contributed by atoms with E-state index < -0.39 is 0 Å². The number of benzene rings is 7. The standard InChI is InChI=1S/C52H38N4/c1-53-44-27-29-47-46(34-44)45-28-26-42(33-48(45)52(47)30-9-4-10-31-52)38-24-20-36(21-25-38)35-18-22-37(23-19-35)41-16-11-17-43(32-41)51-55-49(39-12-5-2-6-13-39)54-50(56-51)40-14-7-3-8-15-40/h2-3,5-8,11-29,32-34H,4,9-10,30-31H2. The van der Waals surface area contributed by atoms with Gasteiger partial charge in [0.05, 0.1) is 6.57 Å². The molecule has 2 aliphatic carbocycles. The highest BCUT2D eigenvalue weighted by molar-refractivity contribution is 5.86. The first-order valence-electron chi connectivity index (χ1n) is 19.5. The molecule has 0 aliphatic heterocycles. The minimum atomic E-state index is 0.0578. The van der Waals surface area contributed by atoms with Gasteiger partial charge < -0.3 is 0 Å². The van der Waals surface area contributed by atoms with E-state index in [0.717, 1.165) is 33.5 Å². The molecule has 0 N–H and O–H groups in total. The molecular formula is C52H38N4. The van der Waals surface area contributed by atoms with Gasteiger partial charge in [-0.2, -0.15) is 0 Å². The second kappa shape index (κ2) is 14.0. The lowest BCUT2D eigenvalue weighted by Gasteiger charge is -2.36. The molecule has 1 spiro atoms. The second-order valence-electron chi connectivity index (χ2n) is 15.0. The van der Waals surface area contributed by atoms with Gasteiger partial charge in [-0.1, -0.05) is 171 Å². The summed E-state index contributed by atoms with van der Waals surface area (Å²) in [6.45, 7) is 7.62. The SMILES string of the molecule is [C-]#[N+]c1ccc2c(c1)-c1ccc(-c3ccc(-c4ccc(-c5cccc(-c6nc(-c7ccccc7)nc(-c7ccccc7)n6)c5)cc4)cc3)cc1C21CCCCC1. The molecule has 8 aromatic rings. The Morgan fingerprint density at radius 1 is 0.375 bits per heavy atom. The third kappa shape index (κ3) is 5.99. The predicted octanol–water partition coefficient (Wildman–Crippen LogP) is 13.7. The van der Waals surface area contributed by atoms with Crippen molar-refractivity contribution < 1.29 is 0 Å². The number of hydrogen-bond donors (Lipinski definition) is 0. The summed E-state index contributed by atoms with van der Waals surface area (Å²) in [4.78, 5) is 18.5. The number of nitrogens with zero attached hydrogens (tertiary/aromatic N) is 4. The zero-order chi connectivity index (χ0) is 37.5. The highest BCUT2D eigenvalue weighted by Crippen LogP contribution is 2.57. The van der Waals surface area contributed by atoms with Crippen molar-refractivity contribution in [2.45, 2.75) is 37.5 Å². The van der Waals surface area contributed by atoms with Gasteiger partial charge in [0.25, 0.3) is 0 Å². The quantitative estimate of drug-likeness (QED) is 0.161. The van der Waals surface area contributed by atoms with E-state index in [9.17, 15) is 0 Å². The lowest BCUT2D eigenvalue weighted by Crippen LogP contribution is -2.28. The van der Waals surface area contributed by atoms with Gasteiger partial charge >= 0.3 is 0 Å². The zero-order valence-corrected chi connectivity index (χ0v) is 31.0. The highest BCUT2D eigenvalue weighted by Gasteiger charge is 2.43. The molecule has 1 aromatic heterocycles. The largest absolute Gasteiger partial charge is 0.238 e. The van der Waals surface area contributed by atoms with Crippen molar-refractivity contribution in [1.29, 1.82) is 0 Å². The molecule has 0 unspecified atom stereocenters. The summed E-state index contributed by atoms with van der Waals surface area (Å²) in [7, 11) is 0.